The molecular formula is C22H27ClN2O4. The zero-order valence-electron chi connectivity index (χ0n) is 16.8. The molecule has 1 fully saturated rings. The van der Waals surface area contributed by atoms with Crippen molar-refractivity contribution in [3.63, 3.8) is 0 Å². The number of phenols is 1. The highest BCUT2D eigenvalue weighted by atomic mass is 35.5. The Bertz CT molecular complexity index is 869. The zero-order valence-corrected chi connectivity index (χ0v) is 17.6. The second-order valence-corrected chi connectivity index (χ2v) is 7.88. The van der Waals surface area contributed by atoms with Gasteiger partial charge in [0.05, 0.1) is 23.2 Å². The Hall–Kier alpha value is -1.99. The SMILES string of the molecule is COCCOc1cc2c(c(Cl)c1-c1c(C)cccc1O)OC[C@H]1CNCCN1C2. The molecule has 156 valence electrons. The van der Waals surface area contributed by atoms with E-state index in [0.717, 1.165) is 37.3 Å². The van der Waals surface area contributed by atoms with Crippen LogP contribution in [0.15, 0.2) is 24.3 Å². The van der Waals surface area contributed by atoms with E-state index in [2.05, 4.69) is 10.2 Å². The second kappa shape index (κ2) is 8.79. The monoisotopic (exact) mass is 418 g/mol. The summed E-state index contributed by atoms with van der Waals surface area (Å²) in [6.07, 6.45) is 0. The van der Waals surface area contributed by atoms with Crippen molar-refractivity contribution in [2.45, 2.75) is 19.5 Å². The molecule has 4 rings (SSSR count). The van der Waals surface area contributed by atoms with Crippen LogP contribution in [0.4, 0.5) is 0 Å². The number of benzene rings is 2. The normalized spacial score (nSPS) is 19.1. The maximum atomic E-state index is 10.6. The predicted molar refractivity (Wildman–Crippen MR) is 113 cm³/mol. The van der Waals surface area contributed by atoms with Crippen LogP contribution in [0.25, 0.3) is 11.1 Å². The fourth-order valence-electron chi connectivity index (χ4n) is 4.07. The molecule has 0 saturated carbocycles. The summed E-state index contributed by atoms with van der Waals surface area (Å²) in [6.45, 7) is 6.95. The lowest BCUT2D eigenvalue weighted by Gasteiger charge is -2.33. The average Bonchev–Trinajstić information content (AvgIpc) is 2.89. The van der Waals surface area contributed by atoms with E-state index in [1.54, 1.807) is 13.2 Å². The van der Waals surface area contributed by atoms with Crippen molar-refractivity contribution >= 4 is 11.6 Å². The minimum absolute atomic E-state index is 0.165. The first-order chi connectivity index (χ1) is 14.1. The molecular weight excluding hydrogens is 392 g/mol. The molecule has 0 amide bonds. The van der Waals surface area contributed by atoms with Gasteiger partial charge >= 0.3 is 0 Å². The van der Waals surface area contributed by atoms with Gasteiger partial charge in [-0.25, -0.2) is 0 Å². The Morgan fingerprint density at radius 2 is 2.17 bits per heavy atom. The van der Waals surface area contributed by atoms with Gasteiger partial charge in [-0.05, 0) is 24.6 Å². The van der Waals surface area contributed by atoms with Crippen molar-refractivity contribution in [2.75, 3.05) is 46.6 Å². The lowest BCUT2D eigenvalue weighted by molar-refractivity contribution is 0.120. The molecule has 2 N–H and O–H groups in total. The number of piperazine rings is 1. The minimum Gasteiger partial charge on any atom is -0.507 e. The van der Waals surface area contributed by atoms with Crippen molar-refractivity contribution in [3.05, 3.63) is 40.4 Å². The molecule has 0 radical (unpaired) electrons. The molecule has 2 aliphatic heterocycles. The van der Waals surface area contributed by atoms with Gasteiger partial charge in [0.2, 0.25) is 0 Å². The number of fused-ring (bicyclic) bond motifs is 2. The summed E-state index contributed by atoms with van der Waals surface area (Å²) in [5.41, 5.74) is 3.25. The number of aromatic hydroxyl groups is 1. The van der Waals surface area contributed by atoms with E-state index in [1.807, 2.05) is 25.1 Å². The van der Waals surface area contributed by atoms with Gasteiger partial charge in [0.15, 0.2) is 0 Å². The van der Waals surface area contributed by atoms with Crippen molar-refractivity contribution in [3.8, 4) is 28.4 Å². The summed E-state index contributed by atoms with van der Waals surface area (Å²) < 4.78 is 17.4. The Morgan fingerprint density at radius 3 is 2.97 bits per heavy atom. The van der Waals surface area contributed by atoms with E-state index in [0.29, 0.717) is 53.5 Å². The summed E-state index contributed by atoms with van der Waals surface area (Å²) >= 11 is 6.91. The van der Waals surface area contributed by atoms with Crippen LogP contribution in [-0.2, 0) is 11.3 Å². The predicted octanol–water partition coefficient (Wildman–Crippen LogP) is 3.21. The molecule has 7 heteroatoms. The Balaban J connectivity index is 1.83. The summed E-state index contributed by atoms with van der Waals surface area (Å²) in [5.74, 6) is 1.48. The quantitative estimate of drug-likeness (QED) is 0.727. The molecule has 0 bridgehead atoms. The topological polar surface area (TPSA) is 63.2 Å². The van der Waals surface area contributed by atoms with Crippen LogP contribution in [0.5, 0.6) is 17.2 Å². The summed E-state index contributed by atoms with van der Waals surface area (Å²) in [4.78, 5) is 2.42. The van der Waals surface area contributed by atoms with Gasteiger partial charge in [-0.2, -0.15) is 0 Å². The molecule has 1 atom stereocenters. The number of nitrogens with one attached hydrogen (secondary N) is 1. The molecule has 29 heavy (non-hydrogen) atoms. The maximum Gasteiger partial charge on any atom is 0.143 e. The van der Waals surface area contributed by atoms with Gasteiger partial charge in [-0.3, -0.25) is 4.90 Å². The Labute approximate surface area is 176 Å². The highest BCUT2D eigenvalue weighted by molar-refractivity contribution is 6.35. The van der Waals surface area contributed by atoms with Gasteiger partial charge in [-0.15, -0.1) is 0 Å². The zero-order chi connectivity index (χ0) is 20.4. The van der Waals surface area contributed by atoms with E-state index in [1.165, 1.54) is 0 Å². The number of aryl methyl sites for hydroxylation is 1. The number of ether oxygens (including phenoxy) is 3. The number of hydrogen-bond acceptors (Lipinski definition) is 6. The van der Waals surface area contributed by atoms with Crippen molar-refractivity contribution in [1.29, 1.82) is 0 Å². The van der Waals surface area contributed by atoms with Gasteiger partial charge < -0.3 is 24.6 Å². The standard InChI is InChI=1S/C22H27ClN2O4/c1-14-4-3-5-17(26)19(14)20-18(28-9-8-27-2)10-15-12-25-7-6-24-11-16(25)13-29-22(15)21(20)23/h3-5,10,16,24,26H,6-9,11-13H2,1-2H3/t16-/m1/s1. The van der Waals surface area contributed by atoms with E-state index < -0.39 is 0 Å². The average molecular weight is 419 g/mol. The minimum atomic E-state index is 0.165. The van der Waals surface area contributed by atoms with E-state index >= 15 is 0 Å². The smallest absolute Gasteiger partial charge is 0.143 e. The first kappa shape index (κ1) is 20.3. The fourth-order valence-corrected chi connectivity index (χ4v) is 4.43. The lowest BCUT2D eigenvalue weighted by Crippen LogP contribution is -2.52. The molecule has 6 nitrogen and oxygen atoms in total. The third-order valence-corrected chi connectivity index (χ3v) is 5.93. The number of hydrogen-bond donors (Lipinski definition) is 2. The van der Waals surface area contributed by atoms with Crippen LogP contribution in [0.2, 0.25) is 5.02 Å². The molecule has 2 aromatic rings. The maximum absolute atomic E-state index is 10.6. The van der Waals surface area contributed by atoms with Crippen LogP contribution >= 0.6 is 11.6 Å². The number of rotatable bonds is 5. The van der Waals surface area contributed by atoms with E-state index in [4.69, 9.17) is 25.8 Å². The number of methoxy groups -OCH3 is 1. The van der Waals surface area contributed by atoms with E-state index in [9.17, 15) is 5.11 Å². The number of nitrogens with zero attached hydrogens (tertiary/aromatic N) is 1. The number of halogens is 1. The lowest BCUT2D eigenvalue weighted by atomic mass is 9.96. The molecule has 2 aromatic carbocycles. The van der Waals surface area contributed by atoms with Crippen LogP contribution in [0.1, 0.15) is 11.1 Å². The van der Waals surface area contributed by atoms with Crippen molar-refractivity contribution < 1.29 is 19.3 Å². The van der Waals surface area contributed by atoms with Gasteiger partial charge in [0, 0.05) is 44.4 Å². The van der Waals surface area contributed by atoms with Crippen LogP contribution < -0.4 is 14.8 Å². The Kier molecular flexibility index (Phi) is 6.15. The fraction of sp³-hybridized carbons (Fsp3) is 0.455. The number of phenolic OH excluding ortho intramolecular Hbond substituents is 1. The largest absolute Gasteiger partial charge is 0.507 e. The first-order valence-electron chi connectivity index (χ1n) is 9.93. The molecule has 2 aliphatic rings. The molecule has 1 saturated heterocycles. The summed E-state index contributed by atoms with van der Waals surface area (Å²) in [6, 6.07) is 7.74. The third kappa shape index (κ3) is 4.03. The Morgan fingerprint density at radius 1 is 1.31 bits per heavy atom. The summed E-state index contributed by atoms with van der Waals surface area (Å²) in [7, 11) is 1.64. The molecule has 0 aromatic heterocycles. The first-order valence-corrected chi connectivity index (χ1v) is 10.3. The molecule has 0 spiro atoms. The van der Waals surface area contributed by atoms with Crippen LogP contribution in [0, 0.1) is 6.92 Å². The van der Waals surface area contributed by atoms with Gasteiger partial charge in [-0.1, -0.05) is 23.7 Å². The third-order valence-electron chi connectivity index (χ3n) is 5.57. The second-order valence-electron chi connectivity index (χ2n) is 7.50. The molecule has 2 heterocycles. The highest BCUT2D eigenvalue weighted by Crippen LogP contribution is 2.49. The van der Waals surface area contributed by atoms with Crippen molar-refractivity contribution in [2.24, 2.45) is 0 Å². The van der Waals surface area contributed by atoms with Crippen molar-refractivity contribution in [1.82, 2.24) is 10.2 Å². The summed E-state index contributed by atoms with van der Waals surface area (Å²) in [5, 5.41) is 14.5. The van der Waals surface area contributed by atoms with E-state index in [-0.39, 0.29) is 5.75 Å². The van der Waals surface area contributed by atoms with Crippen LogP contribution in [0.3, 0.4) is 0 Å². The van der Waals surface area contributed by atoms with Gasteiger partial charge in [0.1, 0.15) is 30.5 Å². The van der Waals surface area contributed by atoms with Crippen LogP contribution in [-0.4, -0.2) is 62.6 Å². The highest BCUT2D eigenvalue weighted by Gasteiger charge is 2.31. The van der Waals surface area contributed by atoms with Gasteiger partial charge in [0.25, 0.3) is 0 Å². The molecule has 0 aliphatic carbocycles. The molecule has 0 unspecified atom stereocenters.